The maximum Gasteiger partial charge on any atom is 0.255 e. The van der Waals surface area contributed by atoms with Gasteiger partial charge in [0.25, 0.3) is 5.91 Å². The van der Waals surface area contributed by atoms with Gasteiger partial charge in [0.2, 0.25) is 11.8 Å². The molecule has 1 saturated carbocycles. The molecule has 7 nitrogen and oxygen atoms in total. The molecule has 3 aliphatic heterocycles. The fourth-order valence-electron chi connectivity index (χ4n) is 6.08. The minimum absolute atomic E-state index is 0.0796. The third-order valence-electron chi connectivity index (χ3n) is 8.13. The highest BCUT2D eigenvalue weighted by atomic mass is 19.1. The Morgan fingerprint density at radius 3 is 2.65 bits per heavy atom. The van der Waals surface area contributed by atoms with E-state index in [9.17, 15) is 14.4 Å². The lowest BCUT2D eigenvalue weighted by molar-refractivity contribution is -0.136. The van der Waals surface area contributed by atoms with Gasteiger partial charge in [0.15, 0.2) is 0 Å². The van der Waals surface area contributed by atoms with Crippen molar-refractivity contribution in [2.45, 2.75) is 76.4 Å². The maximum atomic E-state index is 15.6. The van der Waals surface area contributed by atoms with Crippen molar-refractivity contribution in [3.05, 3.63) is 34.6 Å². The van der Waals surface area contributed by atoms with Crippen LogP contribution in [0.3, 0.4) is 0 Å². The number of carbonyl (C=O) groups excluding carboxylic acids is 3. The molecule has 3 heterocycles. The smallest absolute Gasteiger partial charge is 0.255 e. The highest BCUT2D eigenvalue weighted by molar-refractivity contribution is 6.05. The molecule has 0 bridgehead atoms. The Labute approximate surface area is 199 Å². The number of nitrogens with zero attached hydrogens (tertiary/aromatic N) is 1. The van der Waals surface area contributed by atoms with Crippen LogP contribution >= 0.6 is 0 Å². The van der Waals surface area contributed by atoms with Crippen LogP contribution in [0.15, 0.2) is 12.1 Å². The summed E-state index contributed by atoms with van der Waals surface area (Å²) >= 11 is 0. The zero-order valence-corrected chi connectivity index (χ0v) is 19.6. The van der Waals surface area contributed by atoms with E-state index in [0.717, 1.165) is 51.9 Å². The summed E-state index contributed by atoms with van der Waals surface area (Å²) in [5.41, 5.74) is 1.37. The highest BCUT2D eigenvalue weighted by Crippen LogP contribution is 2.34. The van der Waals surface area contributed by atoms with Crippen molar-refractivity contribution in [3.8, 4) is 0 Å². The van der Waals surface area contributed by atoms with E-state index in [4.69, 9.17) is 4.74 Å². The van der Waals surface area contributed by atoms with Crippen LogP contribution in [0.5, 0.6) is 0 Å². The summed E-state index contributed by atoms with van der Waals surface area (Å²) in [4.78, 5) is 38.1. The Morgan fingerprint density at radius 1 is 1.06 bits per heavy atom. The predicted octanol–water partition coefficient (Wildman–Crippen LogP) is 2.70. The fourth-order valence-corrected chi connectivity index (χ4v) is 6.08. The molecule has 3 amide bonds. The number of fused-ring (bicyclic) bond motifs is 1. The normalized spacial score (nSPS) is 28.2. The molecule has 5 rings (SSSR count). The number of hydrogen-bond donors (Lipinski definition) is 2. The Morgan fingerprint density at radius 2 is 1.85 bits per heavy atom. The zero-order chi connectivity index (χ0) is 23.7. The zero-order valence-electron chi connectivity index (χ0n) is 19.6. The maximum absolute atomic E-state index is 15.6. The molecule has 4 aliphatic rings. The fraction of sp³-hybridized carbons (Fsp3) is 0.654. The number of imide groups is 1. The van der Waals surface area contributed by atoms with E-state index < -0.39 is 11.9 Å². The molecule has 0 spiro atoms. The number of halogens is 1. The molecule has 2 N–H and O–H groups in total. The number of amides is 3. The van der Waals surface area contributed by atoms with Crippen molar-refractivity contribution in [1.29, 1.82) is 0 Å². The van der Waals surface area contributed by atoms with Gasteiger partial charge >= 0.3 is 0 Å². The molecule has 184 valence electrons. The molecular weight excluding hydrogens is 437 g/mol. The monoisotopic (exact) mass is 471 g/mol. The number of piperidine rings is 1. The molecular formula is C26H34FN3O4. The second-order valence-electron chi connectivity index (χ2n) is 10.3. The van der Waals surface area contributed by atoms with Gasteiger partial charge in [-0.2, -0.15) is 0 Å². The first-order valence-electron chi connectivity index (χ1n) is 12.8. The molecule has 0 radical (unpaired) electrons. The summed E-state index contributed by atoms with van der Waals surface area (Å²) in [6.45, 7) is 2.76. The summed E-state index contributed by atoms with van der Waals surface area (Å²) in [5.74, 6) is -0.426. The lowest BCUT2D eigenvalue weighted by Gasteiger charge is -2.34. The van der Waals surface area contributed by atoms with Crippen molar-refractivity contribution in [1.82, 2.24) is 15.5 Å². The van der Waals surface area contributed by atoms with E-state index >= 15 is 4.39 Å². The standard InChI is InChI=1S/C26H34FN3O4/c27-24-18(13-17-3-1-2-4-21(17)28-14-16-9-11-34-12-10-16)5-6-19-20(24)15-30(26(19)33)22-7-8-23(31)29-25(22)32/h5-6,16-17,21-22,28H,1-4,7-15H2,(H,29,31,32)/t17-,21+,22?/m1/s1. The lowest BCUT2D eigenvalue weighted by Crippen LogP contribution is -2.52. The summed E-state index contributed by atoms with van der Waals surface area (Å²) in [5, 5.41) is 6.08. The van der Waals surface area contributed by atoms with Crippen LogP contribution in [-0.2, 0) is 27.3 Å². The van der Waals surface area contributed by atoms with E-state index in [1.165, 1.54) is 11.3 Å². The van der Waals surface area contributed by atoms with Crippen molar-refractivity contribution < 1.29 is 23.5 Å². The summed E-state index contributed by atoms with van der Waals surface area (Å²) < 4.78 is 21.1. The number of carbonyl (C=O) groups is 3. The highest BCUT2D eigenvalue weighted by Gasteiger charge is 2.40. The predicted molar refractivity (Wildman–Crippen MR) is 123 cm³/mol. The molecule has 1 aromatic carbocycles. The number of ether oxygens (including phenoxy) is 1. The van der Waals surface area contributed by atoms with Crippen molar-refractivity contribution in [2.75, 3.05) is 19.8 Å². The van der Waals surface area contributed by atoms with Gasteiger partial charge in [0, 0.05) is 36.8 Å². The number of hydrogen-bond acceptors (Lipinski definition) is 5. The molecule has 1 aliphatic carbocycles. The van der Waals surface area contributed by atoms with Crippen LogP contribution in [0.1, 0.15) is 72.9 Å². The largest absolute Gasteiger partial charge is 0.381 e. The van der Waals surface area contributed by atoms with Crippen LogP contribution in [0, 0.1) is 17.7 Å². The average Bonchev–Trinajstić information content (AvgIpc) is 3.18. The molecule has 0 aromatic heterocycles. The van der Waals surface area contributed by atoms with Gasteiger partial charge in [-0.15, -0.1) is 0 Å². The second-order valence-corrected chi connectivity index (χ2v) is 10.3. The van der Waals surface area contributed by atoms with E-state index in [1.807, 2.05) is 0 Å². The summed E-state index contributed by atoms with van der Waals surface area (Å²) in [7, 11) is 0. The Bertz CT molecular complexity index is 962. The molecule has 1 aromatic rings. The molecule has 8 heteroatoms. The first kappa shape index (κ1) is 23.4. The van der Waals surface area contributed by atoms with Gasteiger partial charge in [-0.1, -0.05) is 18.9 Å². The van der Waals surface area contributed by atoms with Crippen molar-refractivity contribution in [2.24, 2.45) is 11.8 Å². The third-order valence-corrected chi connectivity index (χ3v) is 8.13. The average molecular weight is 472 g/mol. The van der Waals surface area contributed by atoms with E-state index in [-0.39, 0.29) is 37.0 Å². The minimum Gasteiger partial charge on any atom is -0.381 e. The first-order valence-corrected chi connectivity index (χ1v) is 12.8. The quantitative estimate of drug-likeness (QED) is 0.623. The SMILES string of the molecule is O=C1CCC(N2Cc3c(ccc(C[C@H]4CCCC[C@@H]4NCC4CCOCC4)c3F)C2=O)C(=O)N1. The van der Waals surface area contributed by atoms with Crippen LogP contribution in [-0.4, -0.2) is 54.5 Å². The molecule has 3 fully saturated rings. The Hall–Kier alpha value is -2.32. The third kappa shape index (κ3) is 4.75. The van der Waals surface area contributed by atoms with Crippen LogP contribution in [0.2, 0.25) is 0 Å². The molecule has 1 unspecified atom stereocenters. The summed E-state index contributed by atoms with van der Waals surface area (Å²) in [6.07, 6.45) is 7.86. The van der Waals surface area contributed by atoms with Crippen molar-refractivity contribution >= 4 is 17.7 Å². The molecule has 2 saturated heterocycles. The van der Waals surface area contributed by atoms with Crippen LogP contribution in [0.25, 0.3) is 0 Å². The van der Waals surface area contributed by atoms with Gasteiger partial charge in [-0.05, 0) is 68.5 Å². The number of rotatable bonds is 6. The van der Waals surface area contributed by atoms with Gasteiger partial charge in [0.05, 0.1) is 6.54 Å². The van der Waals surface area contributed by atoms with E-state index in [0.29, 0.717) is 41.0 Å². The van der Waals surface area contributed by atoms with Crippen LogP contribution in [0.4, 0.5) is 4.39 Å². The molecule has 3 atom stereocenters. The van der Waals surface area contributed by atoms with Gasteiger partial charge in [-0.3, -0.25) is 19.7 Å². The Kier molecular flexibility index (Phi) is 6.97. The lowest BCUT2D eigenvalue weighted by atomic mass is 9.80. The van der Waals surface area contributed by atoms with Gasteiger partial charge in [-0.25, -0.2) is 4.39 Å². The van der Waals surface area contributed by atoms with Crippen molar-refractivity contribution in [3.63, 3.8) is 0 Å². The minimum atomic E-state index is -0.724. The van der Waals surface area contributed by atoms with E-state index in [2.05, 4.69) is 10.6 Å². The summed E-state index contributed by atoms with van der Waals surface area (Å²) in [6, 6.07) is 3.13. The van der Waals surface area contributed by atoms with Gasteiger partial charge < -0.3 is 15.0 Å². The van der Waals surface area contributed by atoms with Crippen LogP contribution < -0.4 is 10.6 Å². The Balaban J connectivity index is 1.27. The number of nitrogens with one attached hydrogen (secondary N) is 2. The first-order chi connectivity index (χ1) is 16.5. The second kappa shape index (κ2) is 10.1. The number of benzene rings is 1. The topological polar surface area (TPSA) is 87.7 Å². The van der Waals surface area contributed by atoms with E-state index in [1.54, 1.807) is 12.1 Å². The molecule has 34 heavy (non-hydrogen) atoms. The van der Waals surface area contributed by atoms with Gasteiger partial charge in [0.1, 0.15) is 11.9 Å².